The average molecular weight is 713 g/mol. The molecule has 0 radical (unpaired) electrons. The largest absolute Gasteiger partial charge is 0.135 e. The number of rotatable bonds is 6. The van der Waals surface area contributed by atoms with Crippen molar-refractivity contribution in [1.29, 1.82) is 0 Å². The molecule has 0 nitrogen and oxygen atoms in total. The molecule has 0 amide bonds. The van der Waals surface area contributed by atoms with Gasteiger partial charge in [0, 0.05) is 31.5 Å². The van der Waals surface area contributed by atoms with Gasteiger partial charge in [-0.2, -0.15) is 0 Å². The smallest absolute Gasteiger partial charge is 0.0355 e. The van der Waals surface area contributed by atoms with Gasteiger partial charge in [-0.05, 0) is 148 Å². The second kappa shape index (κ2) is 12.0. The van der Waals surface area contributed by atoms with Crippen molar-refractivity contribution in [3.05, 3.63) is 179 Å². The van der Waals surface area contributed by atoms with E-state index in [1.165, 1.54) is 102 Å². The van der Waals surface area contributed by atoms with E-state index in [2.05, 4.69) is 152 Å². The standard InChI is InChI=1S/C53H44S/c1-2-8-39-31-41(20-17-36(39)7-1)44(38-18-15-37(16-19-38)40-21-24-52-48(32-40)47-10-4-6-12-51(47)54-52)22-13-33-14-23-46-45-9-3-5-11-49(45)53(50(46)30-33)42-26-34-25-35(28-42)29-43(53)27-34/h1-12,14-21,23-24,30-32,34-35,42-44H,13,22,25-29H2. The lowest BCUT2D eigenvalue weighted by Crippen LogP contribution is -2.55. The van der Waals surface area contributed by atoms with Gasteiger partial charge in [0.15, 0.2) is 0 Å². The molecule has 13 rings (SSSR count). The van der Waals surface area contributed by atoms with Crippen molar-refractivity contribution >= 4 is 42.3 Å². The summed E-state index contributed by atoms with van der Waals surface area (Å²) < 4.78 is 2.72. The Bertz CT molecular complexity index is 2720. The molecule has 1 atom stereocenters. The zero-order valence-corrected chi connectivity index (χ0v) is 31.5. The molecule has 1 unspecified atom stereocenters. The predicted octanol–water partition coefficient (Wildman–Crippen LogP) is 14.4. The predicted molar refractivity (Wildman–Crippen MR) is 229 cm³/mol. The zero-order valence-electron chi connectivity index (χ0n) is 30.7. The van der Waals surface area contributed by atoms with Gasteiger partial charge < -0.3 is 0 Å². The van der Waals surface area contributed by atoms with Crippen molar-refractivity contribution in [2.24, 2.45) is 23.7 Å². The van der Waals surface area contributed by atoms with E-state index >= 15 is 0 Å². The van der Waals surface area contributed by atoms with Crippen molar-refractivity contribution in [2.75, 3.05) is 0 Å². The normalized spacial score (nSPS) is 24.1. The third kappa shape index (κ3) is 4.67. The van der Waals surface area contributed by atoms with Crippen LogP contribution in [0.3, 0.4) is 0 Å². The van der Waals surface area contributed by atoms with Crippen LogP contribution < -0.4 is 0 Å². The van der Waals surface area contributed by atoms with Crippen LogP contribution in [-0.4, -0.2) is 0 Å². The highest BCUT2D eigenvalue weighted by Crippen LogP contribution is 2.69. The molecular formula is C53H44S. The highest BCUT2D eigenvalue weighted by atomic mass is 32.1. The Morgan fingerprint density at radius 3 is 2.04 bits per heavy atom. The number of fused-ring (bicyclic) bond motifs is 7. The average Bonchev–Trinajstić information content (AvgIpc) is 3.73. The van der Waals surface area contributed by atoms with Crippen LogP contribution in [0.1, 0.15) is 72.3 Å². The summed E-state index contributed by atoms with van der Waals surface area (Å²) >= 11 is 1.89. The molecule has 4 fully saturated rings. The van der Waals surface area contributed by atoms with Crippen molar-refractivity contribution in [3.8, 4) is 22.3 Å². The van der Waals surface area contributed by atoms with Crippen LogP contribution in [0.2, 0.25) is 0 Å². The third-order valence-electron chi connectivity index (χ3n) is 14.5. The first-order chi connectivity index (χ1) is 26.7. The van der Waals surface area contributed by atoms with Gasteiger partial charge in [-0.15, -0.1) is 11.3 Å². The van der Waals surface area contributed by atoms with Gasteiger partial charge >= 0.3 is 0 Å². The molecule has 1 heterocycles. The molecule has 1 spiro atoms. The van der Waals surface area contributed by atoms with Crippen LogP contribution in [0.15, 0.2) is 152 Å². The molecular weight excluding hydrogens is 669 g/mol. The van der Waals surface area contributed by atoms with Crippen molar-refractivity contribution in [1.82, 2.24) is 0 Å². The molecule has 5 aliphatic carbocycles. The maximum Gasteiger partial charge on any atom is 0.0355 e. The maximum atomic E-state index is 2.70. The highest BCUT2D eigenvalue weighted by Gasteiger charge is 2.61. The molecule has 0 aliphatic heterocycles. The summed E-state index contributed by atoms with van der Waals surface area (Å²) in [6, 6.07) is 58.6. The Morgan fingerprint density at radius 1 is 0.500 bits per heavy atom. The first-order valence-electron chi connectivity index (χ1n) is 20.4. The van der Waals surface area contributed by atoms with Crippen LogP contribution in [-0.2, 0) is 11.8 Å². The van der Waals surface area contributed by atoms with Crippen LogP contribution in [0.4, 0.5) is 0 Å². The quantitative estimate of drug-likeness (QED) is 0.161. The van der Waals surface area contributed by atoms with E-state index in [0.29, 0.717) is 5.92 Å². The minimum Gasteiger partial charge on any atom is -0.135 e. The van der Waals surface area contributed by atoms with E-state index in [0.717, 1.165) is 36.5 Å². The van der Waals surface area contributed by atoms with E-state index in [-0.39, 0.29) is 5.41 Å². The monoisotopic (exact) mass is 712 g/mol. The van der Waals surface area contributed by atoms with Crippen LogP contribution >= 0.6 is 11.3 Å². The summed E-state index contributed by atoms with van der Waals surface area (Å²) in [5.41, 5.74) is 13.5. The topological polar surface area (TPSA) is 0 Å². The van der Waals surface area contributed by atoms with E-state index in [4.69, 9.17) is 0 Å². The van der Waals surface area contributed by atoms with Crippen LogP contribution in [0, 0.1) is 23.7 Å². The molecule has 1 aromatic heterocycles. The fourth-order valence-corrected chi connectivity index (χ4v) is 13.5. The first-order valence-corrected chi connectivity index (χ1v) is 21.2. The fraction of sp³-hybridized carbons (Fsp3) is 0.245. The summed E-state index contributed by atoms with van der Waals surface area (Å²) in [5, 5.41) is 5.36. The first kappa shape index (κ1) is 31.4. The highest BCUT2D eigenvalue weighted by molar-refractivity contribution is 7.25. The van der Waals surface area contributed by atoms with Gasteiger partial charge in [0.1, 0.15) is 0 Å². The van der Waals surface area contributed by atoms with Gasteiger partial charge in [0.25, 0.3) is 0 Å². The Kier molecular flexibility index (Phi) is 6.98. The molecule has 54 heavy (non-hydrogen) atoms. The van der Waals surface area contributed by atoms with Crippen molar-refractivity contribution in [2.45, 2.75) is 56.3 Å². The lowest BCUT2D eigenvalue weighted by molar-refractivity contribution is -0.0399. The Hall–Kier alpha value is -4.98. The van der Waals surface area contributed by atoms with Crippen LogP contribution in [0.5, 0.6) is 0 Å². The third-order valence-corrected chi connectivity index (χ3v) is 15.7. The second-order valence-electron chi connectivity index (χ2n) is 17.2. The van der Waals surface area contributed by atoms with E-state index in [9.17, 15) is 0 Å². The van der Waals surface area contributed by atoms with Gasteiger partial charge in [-0.25, -0.2) is 0 Å². The minimum atomic E-state index is 0.223. The second-order valence-corrected chi connectivity index (χ2v) is 18.3. The zero-order chi connectivity index (χ0) is 35.4. The van der Waals surface area contributed by atoms with Gasteiger partial charge in [0.2, 0.25) is 0 Å². The van der Waals surface area contributed by atoms with E-state index < -0.39 is 0 Å². The summed E-state index contributed by atoms with van der Waals surface area (Å²) in [5.74, 6) is 3.84. The number of hydrogen-bond donors (Lipinski definition) is 0. The summed E-state index contributed by atoms with van der Waals surface area (Å²) in [6.07, 6.45) is 9.38. The van der Waals surface area contributed by atoms with Gasteiger partial charge in [-0.3, -0.25) is 0 Å². The number of aryl methyl sites for hydroxylation is 1. The number of benzene rings is 7. The number of hydrogen-bond acceptors (Lipinski definition) is 1. The molecule has 4 saturated carbocycles. The molecule has 8 aromatic rings. The molecule has 5 aliphatic rings. The number of thiophene rings is 1. The Balaban J connectivity index is 0.905. The van der Waals surface area contributed by atoms with Gasteiger partial charge in [-0.1, -0.05) is 133 Å². The van der Waals surface area contributed by atoms with Crippen LogP contribution in [0.25, 0.3) is 53.2 Å². The Labute approximate surface area is 322 Å². The lowest BCUT2D eigenvalue weighted by Gasteiger charge is -2.61. The lowest BCUT2D eigenvalue weighted by atomic mass is 9.43. The molecule has 262 valence electrons. The molecule has 1 heteroatoms. The molecule has 0 N–H and O–H groups in total. The molecule has 4 bridgehead atoms. The van der Waals surface area contributed by atoms with E-state index in [1.807, 2.05) is 11.3 Å². The molecule has 0 saturated heterocycles. The van der Waals surface area contributed by atoms with Gasteiger partial charge in [0.05, 0.1) is 0 Å². The van der Waals surface area contributed by atoms with E-state index in [1.54, 1.807) is 11.1 Å². The fourth-order valence-electron chi connectivity index (χ4n) is 12.4. The van der Waals surface area contributed by atoms with Crippen molar-refractivity contribution < 1.29 is 0 Å². The molecule has 7 aromatic carbocycles. The summed E-state index contributed by atoms with van der Waals surface area (Å²) in [6.45, 7) is 0. The minimum absolute atomic E-state index is 0.223. The summed E-state index contributed by atoms with van der Waals surface area (Å²) in [4.78, 5) is 0. The van der Waals surface area contributed by atoms with Crippen molar-refractivity contribution in [3.63, 3.8) is 0 Å². The maximum absolute atomic E-state index is 2.70. The Morgan fingerprint density at radius 2 is 1.19 bits per heavy atom. The summed E-state index contributed by atoms with van der Waals surface area (Å²) in [7, 11) is 0. The SMILES string of the molecule is c1ccc2c(c1)-c1ccc(CCC(c3ccc(-c4ccc5sc6ccccc6c5c4)cc3)c3ccc4ccccc4c3)cc1C21C2CC3CC(C2)CC1C3.